The molecule has 8 nitrogen and oxygen atoms in total. The van der Waals surface area contributed by atoms with Crippen molar-refractivity contribution < 1.29 is 32.2 Å². The molecule has 1 aromatic carbocycles. The van der Waals surface area contributed by atoms with Crippen LogP contribution in [0.15, 0.2) is 41.5 Å². The van der Waals surface area contributed by atoms with Crippen LogP contribution in [0, 0.1) is 5.82 Å². The Hall–Kier alpha value is -3.18. The van der Waals surface area contributed by atoms with Crippen molar-refractivity contribution in [1.29, 1.82) is 0 Å². The zero-order chi connectivity index (χ0) is 23.1. The summed E-state index contributed by atoms with van der Waals surface area (Å²) in [6.07, 6.45) is -1.48. The number of nitrogens with two attached hydrogens (primary N) is 1. The number of anilines is 1. The van der Waals surface area contributed by atoms with E-state index in [1.54, 1.807) is 13.2 Å². The van der Waals surface area contributed by atoms with Crippen LogP contribution in [-0.4, -0.2) is 62.7 Å². The van der Waals surface area contributed by atoms with Crippen molar-refractivity contribution in [3.8, 4) is 5.75 Å². The number of ether oxygens (including phenoxy) is 3. The second-order valence-electron chi connectivity index (χ2n) is 6.98. The van der Waals surface area contributed by atoms with Crippen molar-refractivity contribution in [1.82, 2.24) is 4.98 Å². The number of carbonyl (C=O) groups is 1. The molecule has 2 heterocycles. The highest BCUT2D eigenvalue weighted by atomic mass is 19.3. The number of aliphatic imine (C=N–C) groups is 1. The van der Waals surface area contributed by atoms with Crippen LogP contribution in [0.5, 0.6) is 5.75 Å². The maximum Gasteiger partial charge on any atom is 0.274 e. The van der Waals surface area contributed by atoms with Crippen LogP contribution in [0.3, 0.4) is 0 Å². The monoisotopic (exact) mass is 452 g/mol. The highest BCUT2D eigenvalue weighted by molar-refractivity contribution is 6.02. The van der Waals surface area contributed by atoms with Gasteiger partial charge in [-0.05, 0) is 35.9 Å². The van der Waals surface area contributed by atoms with Crippen molar-refractivity contribution >= 4 is 17.4 Å². The number of alkyl halides is 2. The fraction of sp³-hybridized carbons (Fsp3) is 0.381. The number of rotatable bonds is 8. The van der Waals surface area contributed by atoms with E-state index in [1.807, 2.05) is 0 Å². The van der Waals surface area contributed by atoms with Crippen LogP contribution in [0.4, 0.5) is 18.9 Å². The summed E-state index contributed by atoms with van der Waals surface area (Å²) in [5.41, 5.74) is 5.81. The summed E-state index contributed by atoms with van der Waals surface area (Å²) >= 11 is 0. The largest absolute Gasteiger partial charge is 0.490 e. The summed E-state index contributed by atoms with van der Waals surface area (Å²) in [7, 11) is 1.55. The lowest BCUT2D eigenvalue weighted by molar-refractivity contribution is 0.0801. The van der Waals surface area contributed by atoms with E-state index in [0.717, 1.165) is 6.07 Å². The SMILES string of the molecule is COCCOc1ccc(C(=O)Nc2ccc(F)c([C@H]3COCC(N)=N[C@H]3C(F)F)c2)nc1. The highest BCUT2D eigenvalue weighted by Crippen LogP contribution is 2.32. The van der Waals surface area contributed by atoms with Crippen LogP contribution in [0.2, 0.25) is 0 Å². The van der Waals surface area contributed by atoms with E-state index in [1.165, 1.54) is 24.4 Å². The number of hydrogen-bond donors (Lipinski definition) is 2. The average molecular weight is 452 g/mol. The molecule has 2 aromatic rings. The van der Waals surface area contributed by atoms with Gasteiger partial charge in [0.05, 0.1) is 19.4 Å². The van der Waals surface area contributed by atoms with Gasteiger partial charge < -0.3 is 25.3 Å². The summed E-state index contributed by atoms with van der Waals surface area (Å²) in [4.78, 5) is 20.3. The number of aromatic nitrogens is 1. The predicted octanol–water partition coefficient (Wildman–Crippen LogP) is 2.60. The quantitative estimate of drug-likeness (QED) is 0.596. The number of nitrogens with one attached hydrogen (secondary N) is 1. The highest BCUT2D eigenvalue weighted by Gasteiger charge is 2.34. The number of carbonyl (C=O) groups excluding carboxylic acids is 1. The third-order valence-electron chi connectivity index (χ3n) is 4.71. The van der Waals surface area contributed by atoms with E-state index in [2.05, 4.69) is 15.3 Å². The molecular weight excluding hydrogens is 429 g/mol. The Labute approximate surface area is 182 Å². The molecule has 0 unspecified atom stereocenters. The van der Waals surface area contributed by atoms with Gasteiger partial charge in [-0.1, -0.05) is 0 Å². The summed E-state index contributed by atoms with van der Waals surface area (Å²) < 4.78 is 57.2. The van der Waals surface area contributed by atoms with Crippen LogP contribution in [-0.2, 0) is 9.47 Å². The Morgan fingerprint density at radius 2 is 2.12 bits per heavy atom. The van der Waals surface area contributed by atoms with Crippen LogP contribution in [0.1, 0.15) is 22.0 Å². The number of halogens is 3. The van der Waals surface area contributed by atoms with Gasteiger partial charge in [0.25, 0.3) is 12.3 Å². The minimum atomic E-state index is -2.87. The molecule has 3 N–H and O–H groups in total. The number of amides is 1. The molecule has 3 rings (SSSR count). The summed E-state index contributed by atoms with van der Waals surface area (Å²) in [5, 5.41) is 2.59. The molecular formula is C21H23F3N4O4. The van der Waals surface area contributed by atoms with Gasteiger partial charge in [0.1, 0.15) is 42.4 Å². The number of benzene rings is 1. The van der Waals surface area contributed by atoms with Gasteiger partial charge in [-0.2, -0.15) is 0 Å². The molecule has 32 heavy (non-hydrogen) atoms. The van der Waals surface area contributed by atoms with E-state index >= 15 is 0 Å². The van der Waals surface area contributed by atoms with Crippen molar-refractivity contribution in [3.63, 3.8) is 0 Å². The molecule has 1 aliphatic rings. The molecule has 2 atom stereocenters. The lowest BCUT2D eigenvalue weighted by Crippen LogP contribution is -2.28. The zero-order valence-electron chi connectivity index (χ0n) is 17.3. The molecule has 0 fully saturated rings. The number of hydrogen-bond acceptors (Lipinski definition) is 7. The van der Waals surface area contributed by atoms with Gasteiger partial charge in [0.2, 0.25) is 0 Å². The zero-order valence-corrected chi connectivity index (χ0v) is 17.3. The third kappa shape index (κ3) is 5.95. The molecule has 0 saturated heterocycles. The predicted molar refractivity (Wildman–Crippen MR) is 111 cm³/mol. The Balaban J connectivity index is 1.76. The second-order valence-corrected chi connectivity index (χ2v) is 6.98. The number of amidine groups is 1. The van der Waals surface area contributed by atoms with Gasteiger partial charge in [-0.15, -0.1) is 0 Å². The number of pyridine rings is 1. The molecule has 1 amide bonds. The smallest absolute Gasteiger partial charge is 0.274 e. The normalized spacial score (nSPS) is 18.7. The van der Waals surface area contributed by atoms with Crippen molar-refractivity contribution in [3.05, 3.63) is 53.6 Å². The Morgan fingerprint density at radius 1 is 1.31 bits per heavy atom. The Bertz CT molecular complexity index is 957. The molecule has 1 aromatic heterocycles. The average Bonchev–Trinajstić information content (AvgIpc) is 2.97. The van der Waals surface area contributed by atoms with E-state index in [9.17, 15) is 18.0 Å². The second kappa shape index (κ2) is 10.9. The lowest BCUT2D eigenvalue weighted by Gasteiger charge is -2.23. The van der Waals surface area contributed by atoms with Crippen molar-refractivity contribution in [2.45, 2.75) is 18.4 Å². The van der Waals surface area contributed by atoms with Gasteiger partial charge in [-0.25, -0.2) is 18.2 Å². The van der Waals surface area contributed by atoms with Gasteiger partial charge in [0.15, 0.2) is 0 Å². The first-order valence-electron chi connectivity index (χ1n) is 9.75. The standard InChI is InChI=1S/C21H23F3N4O4/c1-30-6-7-32-13-3-5-17(26-9-13)21(29)27-12-2-4-16(22)14(8-12)15-10-31-11-18(25)28-19(15)20(23)24/h2-5,8-9,15,19-20H,6-7,10-11H2,1H3,(H2,25,28)(H,27,29)/t15-,19-/m1/s1. The maximum atomic E-state index is 14.5. The molecule has 172 valence electrons. The maximum absolute atomic E-state index is 14.5. The van der Waals surface area contributed by atoms with E-state index < -0.39 is 30.1 Å². The fourth-order valence-electron chi connectivity index (χ4n) is 3.16. The van der Waals surface area contributed by atoms with Gasteiger partial charge >= 0.3 is 0 Å². The third-order valence-corrected chi connectivity index (χ3v) is 4.71. The topological polar surface area (TPSA) is 108 Å². The first-order valence-corrected chi connectivity index (χ1v) is 9.75. The summed E-state index contributed by atoms with van der Waals surface area (Å²) in [6, 6.07) is 5.18. The molecule has 0 spiro atoms. The van der Waals surface area contributed by atoms with E-state index in [-0.39, 0.29) is 36.0 Å². The Morgan fingerprint density at radius 3 is 2.81 bits per heavy atom. The number of methoxy groups -OCH3 is 1. The first kappa shape index (κ1) is 23.5. The van der Waals surface area contributed by atoms with Crippen molar-refractivity contribution in [2.75, 3.05) is 38.9 Å². The van der Waals surface area contributed by atoms with Crippen LogP contribution in [0.25, 0.3) is 0 Å². The molecule has 0 radical (unpaired) electrons. The molecule has 0 bridgehead atoms. The van der Waals surface area contributed by atoms with Gasteiger partial charge in [-0.3, -0.25) is 9.79 Å². The van der Waals surface area contributed by atoms with Crippen LogP contribution >= 0.6 is 0 Å². The fourth-order valence-corrected chi connectivity index (χ4v) is 3.16. The minimum Gasteiger partial charge on any atom is -0.490 e. The first-order chi connectivity index (χ1) is 15.4. The van der Waals surface area contributed by atoms with E-state index in [4.69, 9.17) is 19.9 Å². The minimum absolute atomic E-state index is 0.0543. The van der Waals surface area contributed by atoms with E-state index in [0.29, 0.717) is 19.0 Å². The van der Waals surface area contributed by atoms with Crippen molar-refractivity contribution in [2.24, 2.45) is 10.7 Å². The summed E-state index contributed by atoms with van der Waals surface area (Å²) in [5.74, 6) is -1.96. The Kier molecular flexibility index (Phi) is 8.01. The van der Waals surface area contributed by atoms with Crippen LogP contribution < -0.4 is 15.8 Å². The van der Waals surface area contributed by atoms with Gasteiger partial charge in [0, 0.05) is 18.7 Å². The molecule has 11 heteroatoms. The molecule has 0 aliphatic carbocycles. The number of nitrogens with zero attached hydrogens (tertiary/aromatic N) is 2. The lowest BCUT2D eigenvalue weighted by atomic mass is 9.91. The molecule has 0 saturated carbocycles. The molecule has 1 aliphatic heterocycles. The summed E-state index contributed by atoms with van der Waals surface area (Å²) in [6.45, 7) is 0.433.